The third-order valence-electron chi connectivity index (χ3n) is 2.84. The summed E-state index contributed by atoms with van der Waals surface area (Å²) in [7, 11) is 0. The van der Waals surface area contributed by atoms with Gasteiger partial charge in [-0.05, 0) is 43.1 Å². The van der Waals surface area contributed by atoms with Crippen molar-refractivity contribution in [3.63, 3.8) is 0 Å². The molecule has 2 rings (SSSR count). The number of fused-ring (bicyclic) bond motifs is 1. The predicted molar refractivity (Wildman–Crippen MR) is 60.6 cm³/mol. The minimum Gasteiger partial charge on any atom is -0.384 e. The Morgan fingerprint density at radius 2 is 2.40 bits per heavy atom. The van der Waals surface area contributed by atoms with Crippen LogP contribution in [-0.4, -0.2) is 19.6 Å². The summed E-state index contributed by atoms with van der Waals surface area (Å²) in [6, 6.07) is 5.00. The van der Waals surface area contributed by atoms with E-state index in [0.717, 1.165) is 31.7 Å². The van der Waals surface area contributed by atoms with Crippen LogP contribution in [0.4, 0.5) is 10.1 Å². The van der Waals surface area contributed by atoms with E-state index in [0.29, 0.717) is 5.92 Å². The second kappa shape index (κ2) is 4.62. The summed E-state index contributed by atoms with van der Waals surface area (Å²) in [5, 5.41) is 6.63. The molecular weight excluding hydrogens is 191 g/mol. The molecule has 1 aromatic rings. The molecule has 0 saturated carbocycles. The van der Waals surface area contributed by atoms with E-state index >= 15 is 0 Å². The quantitative estimate of drug-likeness (QED) is 0.794. The predicted octanol–water partition coefficient (Wildman–Crippen LogP) is 2.02. The van der Waals surface area contributed by atoms with Gasteiger partial charge in [0.25, 0.3) is 0 Å². The standard InChI is InChI=1S/C12H17FN2/c1-2-14-7-9-5-10-3-4-11(13)6-12(10)15-8-9/h3-4,6,9,14-15H,2,5,7-8H2,1H3. The van der Waals surface area contributed by atoms with Gasteiger partial charge < -0.3 is 10.6 Å². The fraction of sp³-hybridized carbons (Fsp3) is 0.500. The molecule has 0 saturated heterocycles. The molecule has 0 aliphatic carbocycles. The van der Waals surface area contributed by atoms with Gasteiger partial charge in [-0.3, -0.25) is 0 Å². The molecule has 0 aromatic heterocycles. The number of rotatable bonds is 3. The summed E-state index contributed by atoms with van der Waals surface area (Å²) < 4.78 is 12.9. The zero-order valence-corrected chi connectivity index (χ0v) is 9.02. The van der Waals surface area contributed by atoms with Crippen LogP contribution in [0, 0.1) is 11.7 Å². The molecule has 0 amide bonds. The van der Waals surface area contributed by atoms with Gasteiger partial charge in [-0.1, -0.05) is 13.0 Å². The van der Waals surface area contributed by atoms with E-state index in [9.17, 15) is 4.39 Å². The average molecular weight is 208 g/mol. The lowest BCUT2D eigenvalue weighted by atomic mass is 9.94. The Balaban J connectivity index is 2.03. The fourth-order valence-corrected chi connectivity index (χ4v) is 2.02. The molecule has 2 N–H and O–H groups in total. The molecule has 0 fully saturated rings. The SMILES string of the molecule is CCNCC1CNc2cc(F)ccc2C1. The van der Waals surface area contributed by atoms with E-state index in [-0.39, 0.29) is 5.82 Å². The zero-order valence-electron chi connectivity index (χ0n) is 9.02. The molecule has 1 atom stereocenters. The van der Waals surface area contributed by atoms with Gasteiger partial charge >= 0.3 is 0 Å². The third-order valence-corrected chi connectivity index (χ3v) is 2.84. The molecule has 0 spiro atoms. The summed E-state index contributed by atoms with van der Waals surface area (Å²) in [4.78, 5) is 0. The first kappa shape index (κ1) is 10.4. The lowest BCUT2D eigenvalue weighted by Gasteiger charge is -2.26. The van der Waals surface area contributed by atoms with Crippen LogP contribution < -0.4 is 10.6 Å². The van der Waals surface area contributed by atoms with Gasteiger partial charge in [-0.25, -0.2) is 4.39 Å². The van der Waals surface area contributed by atoms with Gasteiger partial charge in [0, 0.05) is 12.2 Å². The number of anilines is 1. The molecule has 1 aliphatic heterocycles. The van der Waals surface area contributed by atoms with Gasteiger partial charge in [0.1, 0.15) is 5.82 Å². The summed E-state index contributed by atoms with van der Waals surface area (Å²) in [6.45, 7) is 5.08. The van der Waals surface area contributed by atoms with Crippen molar-refractivity contribution in [3.05, 3.63) is 29.6 Å². The van der Waals surface area contributed by atoms with Gasteiger partial charge in [0.2, 0.25) is 0 Å². The van der Waals surface area contributed by atoms with E-state index in [1.165, 1.54) is 11.6 Å². The summed E-state index contributed by atoms with van der Waals surface area (Å²) >= 11 is 0. The normalized spacial score (nSPS) is 19.5. The second-order valence-electron chi connectivity index (χ2n) is 4.06. The Bertz CT molecular complexity index is 338. The molecule has 0 radical (unpaired) electrons. The highest BCUT2D eigenvalue weighted by Crippen LogP contribution is 2.25. The van der Waals surface area contributed by atoms with Crippen LogP contribution in [0.15, 0.2) is 18.2 Å². The molecule has 15 heavy (non-hydrogen) atoms. The highest BCUT2D eigenvalue weighted by molar-refractivity contribution is 5.53. The maximum atomic E-state index is 12.9. The van der Waals surface area contributed by atoms with Crippen LogP contribution in [0.1, 0.15) is 12.5 Å². The first-order valence-electron chi connectivity index (χ1n) is 5.52. The van der Waals surface area contributed by atoms with Crippen LogP contribution in [-0.2, 0) is 6.42 Å². The first-order chi connectivity index (χ1) is 7.29. The molecule has 82 valence electrons. The Hall–Kier alpha value is -1.09. The Morgan fingerprint density at radius 1 is 1.53 bits per heavy atom. The number of hydrogen-bond donors (Lipinski definition) is 2. The molecule has 1 unspecified atom stereocenters. The molecule has 1 heterocycles. The van der Waals surface area contributed by atoms with E-state index < -0.39 is 0 Å². The van der Waals surface area contributed by atoms with Crippen molar-refractivity contribution in [2.75, 3.05) is 25.0 Å². The van der Waals surface area contributed by atoms with Crippen LogP contribution in [0.3, 0.4) is 0 Å². The summed E-state index contributed by atoms with van der Waals surface area (Å²) in [5.41, 5.74) is 2.19. The van der Waals surface area contributed by atoms with Crippen LogP contribution in [0.25, 0.3) is 0 Å². The highest BCUT2D eigenvalue weighted by atomic mass is 19.1. The molecule has 2 nitrogen and oxygen atoms in total. The molecule has 1 aliphatic rings. The zero-order chi connectivity index (χ0) is 10.7. The molecule has 3 heteroatoms. The molecular formula is C12H17FN2. The van der Waals surface area contributed by atoms with Crippen molar-refractivity contribution >= 4 is 5.69 Å². The summed E-state index contributed by atoms with van der Waals surface area (Å²) in [6.07, 6.45) is 1.04. The largest absolute Gasteiger partial charge is 0.384 e. The van der Waals surface area contributed by atoms with Crippen molar-refractivity contribution in [1.29, 1.82) is 0 Å². The highest BCUT2D eigenvalue weighted by Gasteiger charge is 2.17. The Morgan fingerprint density at radius 3 is 3.20 bits per heavy atom. The van der Waals surface area contributed by atoms with E-state index in [1.54, 1.807) is 6.07 Å². The van der Waals surface area contributed by atoms with E-state index in [4.69, 9.17) is 0 Å². The number of nitrogens with one attached hydrogen (secondary N) is 2. The Labute approximate surface area is 89.9 Å². The van der Waals surface area contributed by atoms with E-state index in [2.05, 4.69) is 17.6 Å². The minimum absolute atomic E-state index is 0.161. The lowest BCUT2D eigenvalue weighted by molar-refractivity contribution is 0.491. The maximum Gasteiger partial charge on any atom is 0.125 e. The van der Waals surface area contributed by atoms with Gasteiger partial charge in [-0.15, -0.1) is 0 Å². The van der Waals surface area contributed by atoms with Crippen molar-refractivity contribution in [2.45, 2.75) is 13.3 Å². The minimum atomic E-state index is -0.161. The fourth-order valence-electron chi connectivity index (χ4n) is 2.02. The first-order valence-corrected chi connectivity index (χ1v) is 5.52. The summed E-state index contributed by atoms with van der Waals surface area (Å²) in [5.74, 6) is 0.453. The van der Waals surface area contributed by atoms with Gasteiger partial charge in [0.05, 0.1) is 0 Å². The molecule has 1 aromatic carbocycles. The van der Waals surface area contributed by atoms with E-state index in [1.807, 2.05) is 6.07 Å². The van der Waals surface area contributed by atoms with Gasteiger partial charge in [-0.2, -0.15) is 0 Å². The monoisotopic (exact) mass is 208 g/mol. The van der Waals surface area contributed by atoms with Crippen molar-refractivity contribution in [2.24, 2.45) is 5.92 Å². The average Bonchev–Trinajstić information content (AvgIpc) is 2.26. The number of halogens is 1. The lowest BCUT2D eigenvalue weighted by Crippen LogP contribution is -2.32. The van der Waals surface area contributed by atoms with Crippen molar-refractivity contribution < 1.29 is 4.39 Å². The van der Waals surface area contributed by atoms with Crippen molar-refractivity contribution in [3.8, 4) is 0 Å². The Kier molecular flexibility index (Phi) is 3.21. The number of benzene rings is 1. The third kappa shape index (κ3) is 2.48. The second-order valence-corrected chi connectivity index (χ2v) is 4.06. The smallest absolute Gasteiger partial charge is 0.125 e. The number of hydrogen-bond acceptors (Lipinski definition) is 2. The van der Waals surface area contributed by atoms with Gasteiger partial charge in [0.15, 0.2) is 0 Å². The maximum absolute atomic E-state index is 12.9. The van der Waals surface area contributed by atoms with Crippen LogP contribution in [0.5, 0.6) is 0 Å². The topological polar surface area (TPSA) is 24.1 Å². The van der Waals surface area contributed by atoms with Crippen LogP contribution in [0.2, 0.25) is 0 Å². The van der Waals surface area contributed by atoms with Crippen molar-refractivity contribution in [1.82, 2.24) is 5.32 Å². The molecule has 0 bridgehead atoms. The van der Waals surface area contributed by atoms with Crippen LogP contribution >= 0.6 is 0 Å².